The molecule has 2 rings (SSSR count). The van der Waals surface area contributed by atoms with Gasteiger partial charge in [0.15, 0.2) is 0 Å². The molecule has 1 N–H and O–H groups in total. The maximum absolute atomic E-state index is 6.11. The molecule has 0 aliphatic rings. The van der Waals surface area contributed by atoms with Crippen LogP contribution in [0.4, 0.5) is 0 Å². The molecule has 5 heteroatoms. The Morgan fingerprint density at radius 2 is 1.95 bits per heavy atom. The van der Waals surface area contributed by atoms with Crippen LogP contribution in [0.3, 0.4) is 0 Å². The molecule has 0 aliphatic heterocycles. The Bertz CT molecular complexity index is 630. The molecule has 112 valence electrons. The summed E-state index contributed by atoms with van der Waals surface area (Å²) in [6.45, 7) is 6.93. The van der Waals surface area contributed by atoms with E-state index in [9.17, 15) is 0 Å². The van der Waals surface area contributed by atoms with Gasteiger partial charge in [-0.15, -0.1) is 0 Å². The second-order valence-electron chi connectivity index (χ2n) is 5.17. The molecular weight excluding hydrogens is 307 g/mol. The molecule has 0 atom stereocenters. The van der Waals surface area contributed by atoms with Gasteiger partial charge in [-0.25, -0.2) is 4.98 Å². The molecule has 0 fully saturated rings. The van der Waals surface area contributed by atoms with Crippen molar-refractivity contribution in [2.24, 2.45) is 0 Å². The van der Waals surface area contributed by atoms with Crippen LogP contribution in [0.2, 0.25) is 10.0 Å². The molecular formula is C16H18Cl2N2O. The summed E-state index contributed by atoms with van der Waals surface area (Å²) in [6, 6.07) is 9.49. The molecule has 0 radical (unpaired) electrons. The first-order valence-electron chi connectivity index (χ1n) is 6.78. The van der Waals surface area contributed by atoms with Gasteiger partial charge in [0.1, 0.15) is 5.75 Å². The number of aryl methyl sites for hydroxylation is 1. The highest BCUT2D eigenvalue weighted by Gasteiger charge is 2.07. The smallest absolute Gasteiger partial charge is 0.219 e. The quantitative estimate of drug-likeness (QED) is 0.841. The first kappa shape index (κ1) is 16.1. The van der Waals surface area contributed by atoms with Gasteiger partial charge in [-0.2, -0.15) is 0 Å². The molecule has 0 amide bonds. The first-order chi connectivity index (χ1) is 9.94. The summed E-state index contributed by atoms with van der Waals surface area (Å²) in [5, 5.41) is 4.41. The number of pyridine rings is 1. The Kier molecular flexibility index (Phi) is 5.45. The molecule has 0 saturated carbocycles. The van der Waals surface area contributed by atoms with Crippen LogP contribution in [0.5, 0.6) is 11.6 Å². The summed E-state index contributed by atoms with van der Waals surface area (Å²) >= 11 is 12.0. The second-order valence-corrected chi connectivity index (χ2v) is 6.01. The van der Waals surface area contributed by atoms with Gasteiger partial charge in [0.05, 0.1) is 5.02 Å². The molecule has 1 aromatic carbocycles. The van der Waals surface area contributed by atoms with Gasteiger partial charge in [0.25, 0.3) is 0 Å². The summed E-state index contributed by atoms with van der Waals surface area (Å²) in [6.07, 6.45) is 0. The van der Waals surface area contributed by atoms with Gasteiger partial charge in [0.2, 0.25) is 5.88 Å². The van der Waals surface area contributed by atoms with E-state index in [1.165, 1.54) is 0 Å². The van der Waals surface area contributed by atoms with E-state index < -0.39 is 0 Å². The summed E-state index contributed by atoms with van der Waals surface area (Å²) in [5.41, 5.74) is 2.02. The zero-order valence-corrected chi connectivity index (χ0v) is 13.8. The van der Waals surface area contributed by atoms with E-state index in [1.807, 2.05) is 19.1 Å². The number of ether oxygens (including phenoxy) is 1. The minimum Gasteiger partial charge on any atom is -0.437 e. The van der Waals surface area contributed by atoms with Crippen molar-refractivity contribution in [1.82, 2.24) is 10.3 Å². The maximum Gasteiger partial charge on any atom is 0.219 e. The summed E-state index contributed by atoms with van der Waals surface area (Å²) in [4.78, 5) is 4.38. The molecule has 3 nitrogen and oxygen atoms in total. The topological polar surface area (TPSA) is 34.1 Å². The summed E-state index contributed by atoms with van der Waals surface area (Å²) in [7, 11) is 0. The molecule has 0 spiro atoms. The van der Waals surface area contributed by atoms with Crippen molar-refractivity contribution in [3.63, 3.8) is 0 Å². The van der Waals surface area contributed by atoms with Crippen molar-refractivity contribution in [2.75, 3.05) is 0 Å². The number of halogens is 2. The Hall–Kier alpha value is -1.29. The van der Waals surface area contributed by atoms with Crippen molar-refractivity contribution in [2.45, 2.75) is 33.4 Å². The summed E-state index contributed by atoms with van der Waals surface area (Å²) < 4.78 is 5.76. The van der Waals surface area contributed by atoms with Gasteiger partial charge in [-0.05, 0) is 36.8 Å². The van der Waals surface area contributed by atoms with Crippen LogP contribution in [-0.2, 0) is 6.54 Å². The van der Waals surface area contributed by atoms with Gasteiger partial charge in [0, 0.05) is 29.4 Å². The fraction of sp³-hybridized carbons (Fsp3) is 0.312. The lowest BCUT2D eigenvalue weighted by molar-refractivity contribution is 0.460. The predicted octanol–water partition coefficient (Wildman–Crippen LogP) is 4.99. The standard InChI is InChI=1S/C16H18Cl2N2O/c1-10(2)19-9-12-6-11(3)20-16(7-12)21-15-5-4-13(17)8-14(15)18/h4-8,10,19H,9H2,1-3H3. The van der Waals surface area contributed by atoms with Crippen molar-refractivity contribution < 1.29 is 4.74 Å². The van der Waals surface area contributed by atoms with Crippen LogP contribution < -0.4 is 10.1 Å². The lowest BCUT2D eigenvalue weighted by Crippen LogP contribution is -2.21. The van der Waals surface area contributed by atoms with E-state index >= 15 is 0 Å². The third-order valence-electron chi connectivity index (χ3n) is 2.81. The zero-order chi connectivity index (χ0) is 15.4. The van der Waals surface area contributed by atoms with Crippen molar-refractivity contribution >= 4 is 23.2 Å². The number of benzene rings is 1. The maximum atomic E-state index is 6.11. The Balaban J connectivity index is 2.19. The number of nitrogens with zero attached hydrogens (tertiary/aromatic N) is 1. The molecule has 0 aliphatic carbocycles. The number of nitrogens with one attached hydrogen (secondary N) is 1. The average Bonchev–Trinajstić information content (AvgIpc) is 2.39. The molecule has 1 aromatic heterocycles. The molecule has 1 heterocycles. The second kappa shape index (κ2) is 7.12. The minimum atomic E-state index is 0.425. The Morgan fingerprint density at radius 1 is 1.19 bits per heavy atom. The number of aromatic nitrogens is 1. The lowest BCUT2D eigenvalue weighted by atomic mass is 10.2. The highest BCUT2D eigenvalue weighted by molar-refractivity contribution is 6.35. The first-order valence-corrected chi connectivity index (χ1v) is 7.53. The van der Waals surface area contributed by atoms with Crippen molar-refractivity contribution in [3.8, 4) is 11.6 Å². The van der Waals surface area contributed by atoms with Gasteiger partial charge in [-0.1, -0.05) is 37.0 Å². The van der Waals surface area contributed by atoms with Crippen LogP contribution in [0.1, 0.15) is 25.1 Å². The van der Waals surface area contributed by atoms with E-state index in [2.05, 4.69) is 24.1 Å². The SMILES string of the molecule is Cc1cc(CNC(C)C)cc(Oc2ccc(Cl)cc2Cl)n1. The average molecular weight is 325 g/mol. The lowest BCUT2D eigenvalue weighted by Gasteiger charge is -2.11. The normalized spacial score (nSPS) is 11.0. The largest absolute Gasteiger partial charge is 0.437 e. The van der Waals surface area contributed by atoms with E-state index in [1.54, 1.807) is 18.2 Å². The van der Waals surface area contributed by atoms with Gasteiger partial charge >= 0.3 is 0 Å². The minimum absolute atomic E-state index is 0.425. The molecule has 2 aromatic rings. The third kappa shape index (κ3) is 4.88. The Labute approximate surface area is 135 Å². The van der Waals surface area contributed by atoms with Crippen molar-refractivity contribution in [3.05, 3.63) is 51.6 Å². The highest BCUT2D eigenvalue weighted by atomic mass is 35.5. The van der Waals surface area contributed by atoms with Crippen LogP contribution in [-0.4, -0.2) is 11.0 Å². The van der Waals surface area contributed by atoms with Crippen LogP contribution in [0.15, 0.2) is 30.3 Å². The molecule has 0 bridgehead atoms. The van der Waals surface area contributed by atoms with E-state index in [0.29, 0.717) is 27.7 Å². The predicted molar refractivity (Wildman–Crippen MR) is 87.5 cm³/mol. The summed E-state index contributed by atoms with van der Waals surface area (Å²) in [5.74, 6) is 1.07. The third-order valence-corrected chi connectivity index (χ3v) is 3.34. The van der Waals surface area contributed by atoms with Crippen LogP contribution in [0.25, 0.3) is 0 Å². The highest BCUT2D eigenvalue weighted by Crippen LogP contribution is 2.31. The van der Waals surface area contributed by atoms with E-state index in [4.69, 9.17) is 27.9 Å². The Morgan fingerprint density at radius 3 is 2.62 bits per heavy atom. The fourth-order valence-electron chi connectivity index (χ4n) is 1.85. The zero-order valence-electron chi connectivity index (χ0n) is 12.3. The number of hydrogen-bond acceptors (Lipinski definition) is 3. The van der Waals surface area contributed by atoms with E-state index in [0.717, 1.165) is 17.8 Å². The van der Waals surface area contributed by atoms with Crippen LogP contribution >= 0.6 is 23.2 Å². The van der Waals surface area contributed by atoms with Gasteiger partial charge < -0.3 is 10.1 Å². The van der Waals surface area contributed by atoms with Crippen LogP contribution in [0, 0.1) is 6.92 Å². The van der Waals surface area contributed by atoms with Crippen molar-refractivity contribution in [1.29, 1.82) is 0 Å². The molecule has 0 saturated heterocycles. The molecule has 21 heavy (non-hydrogen) atoms. The number of rotatable bonds is 5. The fourth-order valence-corrected chi connectivity index (χ4v) is 2.30. The van der Waals surface area contributed by atoms with E-state index in [-0.39, 0.29) is 0 Å². The number of hydrogen-bond donors (Lipinski definition) is 1. The monoisotopic (exact) mass is 324 g/mol. The van der Waals surface area contributed by atoms with Gasteiger partial charge in [-0.3, -0.25) is 0 Å². The molecule has 0 unspecified atom stereocenters.